The number of hydrogen-bond donors (Lipinski definition) is 1. The van der Waals surface area contributed by atoms with Crippen molar-refractivity contribution in [2.75, 3.05) is 6.61 Å². The van der Waals surface area contributed by atoms with Crippen molar-refractivity contribution in [3.63, 3.8) is 0 Å². The number of amides is 1. The number of nitrogens with zero attached hydrogens (tertiary/aromatic N) is 3. The van der Waals surface area contributed by atoms with Crippen LogP contribution in [0.4, 0.5) is 4.39 Å². The van der Waals surface area contributed by atoms with Gasteiger partial charge in [-0.05, 0) is 42.2 Å². The number of Topliss-reactive ketones (excluding diaryl/α,β-unsaturated/α-hetero) is 1. The summed E-state index contributed by atoms with van der Waals surface area (Å²) < 4.78 is 20.7. The van der Waals surface area contributed by atoms with Crippen molar-refractivity contribution in [3.8, 4) is 0 Å². The van der Waals surface area contributed by atoms with Crippen LogP contribution in [-0.2, 0) is 17.9 Å². The highest BCUT2D eigenvalue weighted by atomic mass is 19.1. The molecule has 0 radical (unpaired) electrons. The molecule has 0 saturated heterocycles. The standard InChI is InChI=1S/C25H27FN4O3/c1-3-20(24-27-9-4-10-28-24)29-25(32)19-14-21(30-11-12-33-15-22(19)30)23(31)13-16(2)17-5-7-18(26)8-6-17/h4-10,14,16,20H,3,11-13,15H2,1-2H3,(H,29,32)/t16-,20-/m0/s1. The van der Waals surface area contributed by atoms with Gasteiger partial charge in [-0.15, -0.1) is 0 Å². The van der Waals surface area contributed by atoms with Crippen molar-refractivity contribution in [2.24, 2.45) is 0 Å². The Kier molecular flexibility index (Phi) is 6.93. The van der Waals surface area contributed by atoms with E-state index in [9.17, 15) is 14.0 Å². The molecule has 0 fully saturated rings. The van der Waals surface area contributed by atoms with Crippen LogP contribution in [0.3, 0.4) is 0 Å². The van der Waals surface area contributed by atoms with E-state index in [2.05, 4.69) is 15.3 Å². The van der Waals surface area contributed by atoms with E-state index < -0.39 is 0 Å². The summed E-state index contributed by atoms with van der Waals surface area (Å²) in [6.45, 7) is 5.14. The first-order valence-corrected chi connectivity index (χ1v) is 11.1. The quantitative estimate of drug-likeness (QED) is 0.520. The Labute approximate surface area is 192 Å². The van der Waals surface area contributed by atoms with Crippen LogP contribution in [0.25, 0.3) is 0 Å². The lowest BCUT2D eigenvalue weighted by atomic mass is 9.94. The highest BCUT2D eigenvalue weighted by molar-refractivity contribution is 6.01. The zero-order chi connectivity index (χ0) is 23.4. The molecule has 0 bridgehead atoms. The Morgan fingerprint density at radius 3 is 2.64 bits per heavy atom. The number of carbonyl (C=O) groups is 2. The minimum absolute atomic E-state index is 0.0625. The molecule has 0 saturated carbocycles. The predicted molar refractivity (Wildman–Crippen MR) is 120 cm³/mol. The summed E-state index contributed by atoms with van der Waals surface area (Å²) in [6, 6.07) is 9.25. The van der Waals surface area contributed by atoms with E-state index in [1.54, 1.807) is 36.7 Å². The van der Waals surface area contributed by atoms with E-state index in [0.717, 1.165) is 5.56 Å². The monoisotopic (exact) mass is 450 g/mol. The van der Waals surface area contributed by atoms with Crippen LogP contribution in [0.15, 0.2) is 48.8 Å². The van der Waals surface area contributed by atoms with Crippen molar-refractivity contribution in [1.82, 2.24) is 19.9 Å². The predicted octanol–water partition coefficient (Wildman–Crippen LogP) is 4.21. The number of nitrogens with one attached hydrogen (secondary N) is 1. The van der Waals surface area contributed by atoms with Crippen molar-refractivity contribution >= 4 is 11.7 Å². The van der Waals surface area contributed by atoms with Gasteiger partial charge in [0.1, 0.15) is 11.6 Å². The molecule has 0 unspecified atom stereocenters. The van der Waals surface area contributed by atoms with E-state index in [-0.39, 0.29) is 42.5 Å². The van der Waals surface area contributed by atoms with Gasteiger partial charge < -0.3 is 14.6 Å². The molecular formula is C25H27FN4O3. The number of hydrogen-bond acceptors (Lipinski definition) is 5. The zero-order valence-corrected chi connectivity index (χ0v) is 18.8. The van der Waals surface area contributed by atoms with Gasteiger partial charge in [-0.25, -0.2) is 14.4 Å². The first-order chi connectivity index (χ1) is 16.0. The maximum Gasteiger partial charge on any atom is 0.253 e. The molecule has 1 aliphatic rings. The minimum Gasteiger partial charge on any atom is -0.373 e. The third kappa shape index (κ3) is 5.01. The van der Waals surface area contributed by atoms with Crippen LogP contribution < -0.4 is 5.32 Å². The molecule has 2 atom stereocenters. The lowest BCUT2D eigenvalue weighted by molar-refractivity contribution is 0.0780. The number of benzene rings is 1. The maximum atomic E-state index is 13.2. The van der Waals surface area contributed by atoms with E-state index in [1.165, 1.54) is 12.1 Å². The van der Waals surface area contributed by atoms with Crippen LogP contribution in [0.1, 0.15) is 76.6 Å². The highest BCUT2D eigenvalue weighted by Gasteiger charge is 2.28. The molecule has 1 aliphatic heterocycles. The fraction of sp³-hybridized carbons (Fsp3) is 0.360. The first-order valence-electron chi connectivity index (χ1n) is 11.1. The normalized spacial score (nSPS) is 14.9. The molecule has 8 heteroatoms. The Hall–Kier alpha value is -3.39. The number of fused-ring (bicyclic) bond motifs is 1. The second-order valence-corrected chi connectivity index (χ2v) is 8.22. The Morgan fingerprint density at radius 1 is 1.21 bits per heavy atom. The van der Waals surface area contributed by atoms with Gasteiger partial charge in [0.25, 0.3) is 5.91 Å². The van der Waals surface area contributed by atoms with E-state index in [4.69, 9.17) is 4.74 Å². The molecule has 1 aromatic carbocycles. The van der Waals surface area contributed by atoms with Gasteiger partial charge in [-0.1, -0.05) is 26.0 Å². The molecule has 4 rings (SSSR count). The summed E-state index contributed by atoms with van der Waals surface area (Å²) in [5.41, 5.74) is 2.52. The molecule has 2 aromatic heterocycles. The van der Waals surface area contributed by atoms with Crippen molar-refractivity contribution in [2.45, 2.75) is 51.8 Å². The van der Waals surface area contributed by atoms with E-state index in [0.29, 0.717) is 42.3 Å². The largest absolute Gasteiger partial charge is 0.373 e. The summed E-state index contributed by atoms with van der Waals surface area (Å²) in [4.78, 5) is 34.9. The molecule has 3 heterocycles. The second-order valence-electron chi connectivity index (χ2n) is 8.22. The van der Waals surface area contributed by atoms with Crippen LogP contribution in [-0.4, -0.2) is 32.8 Å². The van der Waals surface area contributed by atoms with Crippen LogP contribution >= 0.6 is 0 Å². The van der Waals surface area contributed by atoms with Gasteiger partial charge in [0, 0.05) is 25.4 Å². The molecule has 1 amide bonds. The zero-order valence-electron chi connectivity index (χ0n) is 18.8. The van der Waals surface area contributed by atoms with Gasteiger partial charge in [-0.3, -0.25) is 9.59 Å². The summed E-state index contributed by atoms with van der Waals surface area (Å²) in [5.74, 6) is -0.190. The molecule has 0 aliphatic carbocycles. The fourth-order valence-corrected chi connectivity index (χ4v) is 4.12. The third-order valence-corrected chi connectivity index (χ3v) is 5.98. The summed E-state index contributed by atoms with van der Waals surface area (Å²) in [6.07, 6.45) is 4.17. The average molecular weight is 451 g/mol. The SMILES string of the molecule is CC[C@H](NC(=O)c1cc(C(=O)C[C@H](C)c2ccc(F)cc2)n2c1COCC2)c1ncccn1. The highest BCUT2D eigenvalue weighted by Crippen LogP contribution is 2.27. The lowest BCUT2D eigenvalue weighted by Gasteiger charge is -2.20. The molecule has 1 N–H and O–H groups in total. The summed E-state index contributed by atoms with van der Waals surface area (Å²) in [7, 11) is 0. The molecule has 172 valence electrons. The molecule has 7 nitrogen and oxygen atoms in total. The van der Waals surface area contributed by atoms with Gasteiger partial charge >= 0.3 is 0 Å². The van der Waals surface area contributed by atoms with Crippen LogP contribution in [0, 0.1) is 5.82 Å². The smallest absolute Gasteiger partial charge is 0.253 e. The maximum absolute atomic E-state index is 13.2. The molecule has 33 heavy (non-hydrogen) atoms. The minimum atomic E-state index is -0.337. The number of ether oxygens (including phenoxy) is 1. The van der Waals surface area contributed by atoms with Gasteiger partial charge in [0.15, 0.2) is 5.78 Å². The lowest BCUT2D eigenvalue weighted by Crippen LogP contribution is -2.30. The molecule has 3 aromatic rings. The fourth-order valence-electron chi connectivity index (χ4n) is 4.12. The third-order valence-electron chi connectivity index (χ3n) is 5.98. The Morgan fingerprint density at radius 2 is 1.94 bits per heavy atom. The second kappa shape index (κ2) is 10.0. The average Bonchev–Trinajstić information content (AvgIpc) is 3.23. The van der Waals surface area contributed by atoms with Crippen molar-refractivity contribution in [3.05, 3.63) is 82.9 Å². The van der Waals surface area contributed by atoms with E-state index >= 15 is 0 Å². The van der Waals surface area contributed by atoms with Crippen LogP contribution in [0.5, 0.6) is 0 Å². The van der Waals surface area contributed by atoms with Crippen molar-refractivity contribution in [1.29, 1.82) is 0 Å². The van der Waals surface area contributed by atoms with E-state index in [1.807, 2.05) is 18.4 Å². The summed E-state index contributed by atoms with van der Waals surface area (Å²) >= 11 is 0. The first kappa shape index (κ1) is 22.8. The number of rotatable bonds is 8. The van der Waals surface area contributed by atoms with Gasteiger partial charge in [-0.2, -0.15) is 0 Å². The van der Waals surface area contributed by atoms with Gasteiger partial charge in [0.05, 0.1) is 36.2 Å². The Balaban J connectivity index is 1.56. The van der Waals surface area contributed by atoms with Gasteiger partial charge in [0.2, 0.25) is 0 Å². The Bertz CT molecular complexity index is 1130. The topological polar surface area (TPSA) is 86.1 Å². The number of ketones is 1. The molecule has 0 spiro atoms. The van der Waals surface area contributed by atoms with Crippen molar-refractivity contribution < 1.29 is 18.7 Å². The number of aromatic nitrogens is 3. The number of halogens is 1. The molecular weight excluding hydrogens is 423 g/mol. The van der Waals surface area contributed by atoms with Crippen LogP contribution in [0.2, 0.25) is 0 Å². The summed E-state index contributed by atoms with van der Waals surface area (Å²) in [5, 5.41) is 2.99. The number of carbonyl (C=O) groups excluding carboxylic acids is 2.